The second-order valence-corrected chi connectivity index (χ2v) is 6.50. The van der Waals surface area contributed by atoms with E-state index in [-0.39, 0.29) is 36.9 Å². The molecule has 7 heteroatoms. The number of carbonyl (C=O) groups is 1. The zero-order valence-corrected chi connectivity index (χ0v) is 16.1. The molecule has 3 aromatic rings. The van der Waals surface area contributed by atoms with Crippen molar-refractivity contribution in [2.45, 2.75) is 33.3 Å². The minimum absolute atomic E-state index is 0.111. The number of benzene rings is 2. The number of fused-ring (bicyclic) bond motifs is 1. The lowest BCUT2D eigenvalue weighted by Gasteiger charge is -2.14. The van der Waals surface area contributed by atoms with Crippen molar-refractivity contribution in [3.05, 3.63) is 75.1 Å². The molecule has 0 N–H and O–H groups in total. The lowest BCUT2D eigenvalue weighted by Crippen LogP contribution is -2.08. The highest BCUT2D eigenvalue weighted by Crippen LogP contribution is 2.29. The molecule has 5 nitrogen and oxygen atoms in total. The molecular weight excluding hydrogens is 382 g/mol. The molecule has 0 fully saturated rings. The number of hydrogen-bond donors (Lipinski definition) is 0. The predicted molar refractivity (Wildman–Crippen MR) is 103 cm³/mol. The minimum Gasteiger partial charge on any atom is -0.488 e. The second-order valence-electron chi connectivity index (χ2n) is 6.50. The summed E-state index contributed by atoms with van der Waals surface area (Å²) in [6, 6.07) is 8.18. The Bertz CT molecular complexity index is 1080. The van der Waals surface area contributed by atoms with Gasteiger partial charge in [-0.15, -0.1) is 0 Å². The van der Waals surface area contributed by atoms with Gasteiger partial charge in [0.15, 0.2) is 0 Å². The van der Waals surface area contributed by atoms with Crippen LogP contribution in [0.15, 0.2) is 45.6 Å². The van der Waals surface area contributed by atoms with Crippen LogP contribution < -0.4 is 10.4 Å². The molecule has 0 amide bonds. The summed E-state index contributed by atoms with van der Waals surface area (Å²) >= 11 is 0. The van der Waals surface area contributed by atoms with E-state index in [9.17, 15) is 18.4 Å². The Morgan fingerprint density at radius 2 is 1.86 bits per heavy atom. The highest BCUT2D eigenvalue weighted by Gasteiger charge is 2.15. The first-order chi connectivity index (χ1) is 13.9. The largest absolute Gasteiger partial charge is 0.488 e. The third kappa shape index (κ3) is 4.80. The van der Waals surface area contributed by atoms with Crippen LogP contribution in [0.4, 0.5) is 8.78 Å². The molecule has 0 aliphatic rings. The van der Waals surface area contributed by atoms with E-state index >= 15 is 0 Å². The molecule has 0 saturated heterocycles. The Labute approximate surface area is 165 Å². The summed E-state index contributed by atoms with van der Waals surface area (Å²) in [4.78, 5) is 23.4. The second kappa shape index (κ2) is 8.86. The maximum atomic E-state index is 13.9. The standard InChI is InChI=1S/C22H20F2O5/c1-3-27-21(25)8-7-14-10-15-13(2)9-22(26)29-20(15)11-19(14)28-12-16-17(23)5-4-6-18(16)24/h4-6,9-11H,3,7-8,12H2,1-2H3. The molecule has 2 aromatic carbocycles. The predicted octanol–water partition coefficient (Wildman–Crippen LogP) is 4.45. The van der Waals surface area contributed by atoms with E-state index in [4.69, 9.17) is 13.9 Å². The van der Waals surface area contributed by atoms with E-state index in [1.165, 1.54) is 18.2 Å². The number of rotatable bonds is 7. The van der Waals surface area contributed by atoms with Crippen LogP contribution in [-0.4, -0.2) is 12.6 Å². The molecule has 0 saturated carbocycles. The molecule has 0 radical (unpaired) electrons. The molecule has 0 unspecified atom stereocenters. The van der Waals surface area contributed by atoms with Gasteiger partial charge in [-0.2, -0.15) is 0 Å². The van der Waals surface area contributed by atoms with E-state index in [1.54, 1.807) is 19.9 Å². The Balaban J connectivity index is 1.96. The summed E-state index contributed by atoms with van der Waals surface area (Å²) in [6.45, 7) is 3.41. The Morgan fingerprint density at radius 1 is 1.14 bits per heavy atom. The van der Waals surface area contributed by atoms with Crippen LogP contribution in [0.5, 0.6) is 5.75 Å². The summed E-state index contributed by atoms with van der Waals surface area (Å²) < 4.78 is 43.7. The van der Waals surface area contributed by atoms with Crippen molar-refractivity contribution in [1.29, 1.82) is 0 Å². The van der Waals surface area contributed by atoms with Gasteiger partial charge in [-0.1, -0.05) is 6.07 Å². The van der Waals surface area contributed by atoms with Gasteiger partial charge in [-0.3, -0.25) is 4.79 Å². The number of esters is 1. The van der Waals surface area contributed by atoms with Crippen LogP contribution >= 0.6 is 0 Å². The van der Waals surface area contributed by atoms with Crippen molar-refractivity contribution >= 4 is 16.9 Å². The lowest BCUT2D eigenvalue weighted by molar-refractivity contribution is -0.143. The molecule has 0 aliphatic heterocycles. The molecule has 1 heterocycles. The van der Waals surface area contributed by atoms with Crippen LogP contribution in [0.1, 0.15) is 30.0 Å². The number of ether oxygens (including phenoxy) is 2. The van der Waals surface area contributed by atoms with Crippen molar-refractivity contribution in [3.63, 3.8) is 0 Å². The van der Waals surface area contributed by atoms with Gasteiger partial charge in [-0.05, 0) is 49.6 Å². The van der Waals surface area contributed by atoms with Gasteiger partial charge in [0, 0.05) is 23.9 Å². The van der Waals surface area contributed by atoms with Gasteiger partial charge in [0.05, 0.1) is 12.2 Å². The molecule has 0 atom stereocenters. The molecular formula is C22H20F2O5. The summed E-state index contributed by atoms with van der Waals surface area (Å²) in [5.74, 6) is -1.53. The Hall–Kier alpha value is -3.22. The van der Waals surface area contributed by atoms with E-state index in [0.29, 0.717) is 28.5 Å². The average molecular weight is 402 g/mol. The van der Waals surface area contributed by atoms with Crippen molar-refractivity contribution in [1.82, 2.24) is 0 Å². The molecule has 0 bridgehead atoms. The third-order valence-corrected chi connectivity index (χ3v) is 4.47. The Kier molecular flexibility index (Phi) is 6.26. The maximum Gasteiger partial charge on any atom is 0.336 e. The lowest BCUT2D eigenvalue weighted by atomic mass is 10.0. The fourth-order valence-corrected chi connectivity index (χ4v) is 3.01. The van der Waals surface area contributed by atoms with Crippen LogP contribution in [0, 0.1) is 18.6 Å². The molecule has 0 spiro atoms. The zero-order chi connectivity index (χ0) is 21.0. The molecule has 1 aromatic heterocycles. The molecule has 152 valence electrons. The van der Waals surface area contributed by atoms with Crippen molar-refractivity contribution in [2.24, 2.45) is 0 Å². The summed E-state index contributed by atoms with van der Waals surface area (Å²) in [7, 11) is 0. The van der Waals surface area contributed by atoms with Crippen molar-refractivity contribution in [2.75, 3.05) is 6.61 Å². The molecule has 0 aliphatic carbocycles. The fourth-order valence-electron chi connectivity index (χ4n) is 3.01. The maximum absolute atomic E-state index is 13.9. The first-order valence-corrected chi connectivity index (χ1v) is 9.17. The van der Waals surface area contributed by atoms with E-state index in [0.717, 1.165) is 12.1 Å². The summed E-state index contributed by atoms with van der Waals surface area (Å²) in [5.41, 5.74) is 0.911. The van der Waals surface area contributed by atoms with Crippen molar-refractivity contribution in [3.8, 4) is 5.75 Å². The topological polar surface area (TPSA) is 65.7 Å². The molecule has 3 rings (SSSR count). The highest BCUT2D eigenvalue weighted by molar-refractivity contribution is 5.83. The Morgan fingerprint density at radius 3 is 2.55 bits per heavy atom. The number of hydrogen-bond acceptors (Lipinski definition) is 5. The number of halogens is 2. The van der Waals surface area contributed by atoms with Gasteiger partial charge in [0.25, 0.3) is 0 Å². The van der Waals surface area contributed by atoms with Gasteiger partial charge in [0.2, 0.25) is 0 Å². The smallest absolute Gasteiger partial charge is 0.336 e. The minimum atomic E-state index is -0.721. The number of aryl methyl sites for hydroxylation is 2. The fraction of sp³-hybridized carbons (Fsp3) is 0.273. The monoisotopic (exact) mass is 402 g/mol. The summed E-state index contributed by atoms with van der Waals surface area (Å²) in [6.07, 6.45) is 0.405. The molecule has 29 heavy (non-hydrogen) atoms. The van der Waals surface area contributed by atoms with Crippen LogP contribution in [0.3, 0.4) is 0 Å². The van der Waals surface area contributed by atoms with Crippen molar-refractivity contribution < 1.29 is 27.5 Å². The summed E-state index contributed by atoms with van der Waals surface area (Å²) in [5, 5.41) is 0.688. The van der Waals surface area contributed by atoms with E-state index in [2.05, 4.69) is 0 Å². The van der Waals surface area contributed by atoms with Gasteiger partial charge in [0.1, 0.15) is 29.6 Å². The van der Waals surface area contributed by atoms with Gasteiger partial charge in [-0.25, -0.2) is 13.6 Å². The van der Waals surface area contributed by atoms with Crippen LogP contribution in [0.25, 0.3) is 11.0 Å². The quantitative estimate of drug-likeness (QED) is 0.431. The number of carbonyl (C=O) groups excluding carboxylic acids is 1. The third-order valence-electron chi connectivity index (χ3n) is 4.47. The SMILES string of the molecule is CCOC(=O)CCc1cc2c(C)cc(=O)oc2cc1OCc1c(F)cccc1F. The average Bonchev–Trinajstić information content (AvgIpc) is 2.66. The first kappa shape index (κ1) is 20.5. The van der Waals surface area contributed by atoms with E-state index < -0.39 is 17.3 Å². The zero-order valence-electron chi connectivity index (χ0n) is 16.1. The normalized spacial score (nSPS) is 10.9. The van der Waals surface area contributed by atoms with Gasteiger partial charge >= 0.3 is 11.6 Å². The first-order valence-electron chi connectivity index (χ1n) is 9.17. The van der Waals surface area contributed by atoms with Gasteiger partial charge < -0.3 is 13.9 Å². The van der Waals surface area contributed by atoms with Crippen LogP contribution in [-0.2, 0) is 22.6 Å². The highest BCUT2D eigenvalue weighted by atomic mass is 19.1. The van der Waals surface area contributed by atoms with Crippen LogP contribution in [0.2, 0.25) is 0 Å². The van der Waals surface area contributed by atoms with E-state index in [1.807, 2.05) is 0 Å².